The number of nitrogens with zero attached hydrogens (tertiary/aromatic N) is 1. The molecule has 6 heteroatoms. The van der Waals surface area contributed by atoms with E-state index in [1.165, 1.54) is 4.90 Å². The van der Waals surface area contributed by atoms with Crippen LogP contribution in [0.25, 0.3) is 0 Å². The van der Waals surface area contributed by atoms with Crippen LogP contribution >= 0.6 is 0 Å². The lowest BCUT2D eigenvalue weighted by molar-refractivity contribution is -0.141. The molecule has 1 fully saturated rings. The first-order valence-corrected chi connectivity index (χ1v) is 6.44. The third-order valence-electron chi connectivity index (χ3n) is 3.00. The molecule has 6 nitrogen and oxygen atoms in total. The lowest BCUT2D eigenvalue weighted by Crippen LogP contribution is -2.46. The Balaban J connectivity index is 1.81. The van der Waals surface area contributed by atoms with E-state index in [1.807, 2.05) is 30.3 Å². The summed E-state index contributed by atoms with van der Waals surface area (Å²) in [5.41, 5.74) is 0.913. The molecule has 1 heterocycles. The molecule has 0 aromatic heterocycles. The van der Waals surface area contributed by atoms with E-state index >= 15 is 0 Å². The predicted molar refractivity (Wildman–Crippen MR) is 70.2 cm³/mol. The summed E-state index contributed by atoms with van der Waals surface area (Å²) in [7, 11) is 0. The maximum absolute atomic E-state index is 11.9. The van der Waals surface area contributed by atoms with Gasteiger partial charge in [-0.05, 0) is 5.56 Å². The number of rotatable bonds is 4. The van der Waals surface area contributed by atoms with Crippen LogP contribution in [0.2, 0.25) is 0 Å². The van der Waals surface area contributed by atoms with Crippen molar-refractivity contribution < 1.29 is 24.2 Å². The molecule has 108 valence electrons. The Kier molecular flexibility index (Phi) is 4.95. The van der Waals surface area contributed by atoms with Crippen molar-refractivity contribution in [1.82, 2.24) is 4.90 Å². The predicted octanol–water partition coefficient (Wildman–Crippen LogP) is 1.50. The number of morpholine rings is 1. The number of carboxylic acids is 1. The van der Waals surface area contributed by atoms with Crippen molar-refractivity contribution in [3.8, 4) is 0 Å². The van der Waals surface area contributed by atoms with Gasteiger partial charge in [0.05, 0.1) is 25.7 Å². The zero-order valence-electron chi connectivity index (χ0n) is 11.0. The second-order valence-corrected chi connectivity index (χ2v) is 4.58. The van der Waals surface area contributed by atoms with E-state index in [2.05, 4.69) is 0 Å². The summed E-state index contributed by atoms with van der Waals surface area (Å²) in [6.45, 7) is 1.21. The Bertz CT molecular complexity index is 462. The molecule has 1 unspecified atom stereocenters. The topological polar surface area (TPSA) is 76.1 Å². The minimum Gasteiger partial charge on any atom is -0.481 e. The number of ether oxygens (including phenoxy) is 2. The van der Waals surface area contributed by atoms with Crippen molar-refractivity contribution in [2.45, 2.75) is 19.1 Å². The summed E-state index contributed by atoms with van der Waals surface area (Å²) in [5.74, 6) is -0.936. The van der Waals surface area contributed by atoms with Gasteiger partial charge in [-0.25, -0.2) is 4.79 Å². The van der Waals surface area contributed by atoms with Crippen LogP contribution in [0, 0.1) is 0 Å². The largest absolute Gasteiger partial charge is 0.481 e. The van der Waals surface area contributed by atoms with E-state index in [-0.39, 0.29) is 19.6 Å². The SMILES string of the molecule is O=C(O)CC1CN(C(=O)OCc2ccccc2)CCO1. The monoisotopic (exact) mass is 279 g/mol. The Hall–Kier alpha value is -2.08. The second kappa shape index (κ2) is 6.91. The molecule has 1 atom stereocenters. The minimum absolute atomic E-state index is 0.109. The van der Waals surface area contributed by atoms with Gasteiger partial charge in [0.1, 0.15) is 6.61 Å². The molecule has 2 rings (SSSR count). The molecule has 0 spiro atoms. The van der Waals surface area contributed by atoms with Gasteiger partial charge >= 0.3 is 12.1 Å². The molecule has 1 aliphatic rings. The van der Waals surface area contributed by atoms with E-state index in [0.717, 1.165) is 5.56 Å². The normalized spacial score (nSPS) is 18.6. The summed E-state index contributed by atoms with van der Waals surface area (Å²) in [4.78, 5) is 24.0. The highest BCUT2D eigenvalue weighted by atomic mass is 16.6. The standard InChI is InChI=1S/C14H17NO5/c16-13(17)8-12-9-15(6-7-19-12)14(18)20-10-11-4-2-1-3-5-11/h1-5,12H,6-10H2,(H,16,17). The Morgan fingerprint density at radius 2 is 2.10 bits per heavy atom. The third-order valence-corrected chi connectivity index (χ3v) is 3.00. The molecule has 1 aliphatic heterocycles. The van der Waals surface area contributed by atoms with Crippen molar-refractivity contribution in [1.29, 1.82) is 0 Å². The van der Waals surface area contributed by atoms with Crippen molar-refractivity contribution >= 4 is 12.1 Å². The number of hydrogen-bond acceptors (Lipinski definition) is 4. The molecule has 0 aliphatic carbocycles. The van der Waals surface area contributed by atoms with Gasteiger partial charge in [0.15, 0.2) is 0 Å². The molecule has 1 saturated heterocycles. The fourth-order valence-corrected chi connectivity index (χ4v) is 2.01. The molecule has 0 saturated carbocycles. The number of hydrogen-bond donors (Lipinski definition) is 1. The van der Waals surface area contributed by atoms with Crippen molar-refractivity contribution in [3.63, 3.8) is 0 Å². The number of benzene rings is 1. The Morgan fingerprint density at radius 1 is 1.35 bits per heavy atom. The average molecular weight is 279 g/mol. The minimum atomic E-state index is -0.936. The van der Waals surface area contributed by atoms with Gasteiger partial charge in [-0.15, -0.1) is 0 Å². The van der Waals surface area contributed by atoms with Gasteiger partial charge in [-0.1, -0.05) is 30.3 Å². The smallest absolute Gasteiger partial charge is 0.410 e. The van der Waals surface area contributed by atoms with Crippen LogP contribution in [0.3, 0.4) is 0 Å². The molecular weight excluding hydrogens is 262 g/mol. The summed E-state index contributed by atoms with van der Waals surface area (Å²) < 4.78 is 10.5. The van der Waals surface area contributed by atoms with Crippen molar-refractivity contribution in [3.05, 3.63) is 35.9 Å². The van der Waals surface area contributed by atoms with E-state index in [9.17, 15) is 9.59 Å². The number of aliphatic carboxylic acids is 1. The van der Waals surface area contributed by atoms with Gasteiger partial charge < -0.3 is 19.5 Å². The first kappa shape index (κ1) is 14.3. The first-order valence-electron chi connectivity index (χ1n) is 6.44. The molecule has 1 aromatic carbocycles. The first-order chi connectivity index (χ1) is 9.65. The summed E-state index contributed by atoms with van der Waals surface area (Å²) in [6.07, 6.45) is -1.01. The highest BCUT2D eigenvalue weighted by Gasteiger charge is 2.26. The van der Waals surface area contributed by atoms with Gasteiger partial charge in [-0.3, -0.25) is 4.79 Å². The van der Waals surface area contributed by atoms with Crippen LogP contribution in [0.5, 0.6) is 0 Å². The van der Waals surface area contributed by atoms with Crippen molar-refractivity contribution in [2.75, 3.05) is 19.7 Å². The number of carboxylic acid groups (broad SMARTS) is 1. The molecule has 1 aromatic rings. The summed E-state index contributed by atoms with van der Waals surface area (Å²) in [6, 6.07) is 9.39. The van der Waals surface area contributed by atoms with Crippen LogP contribution in [-0.2, 0) is 20.9 Å². The molecule has 0 bridgehead atoms. The number of amides is 1. The maximum atomic E-state index is 11.9. The van der Waals surface area contributed by atoms with Crippen LogP contribution in [-0.4, -0.2) is 47.9 Å². The Labute approximate surface area is 116 Å². The average Bonchev–Trinajstić information content (AvgIpc) is 2.45. The number of carbonyl (C=O) groups excluding carboxylic acids is 1. The molecule has 1 N–H and O–H groups in total. The lowest BCUT2D eigenvalue weighted by atomic mass is 10.2. The van der Waals surface area contributed by atoms with E-state index < -0.39 is 18.2 Å². The quantitative estimate of drug-likeness (QED) is 0.903. The fraction of sp³-hybridized carbons (Fsp3) is 0.429. The molecule has 20 heavy (non-hydrogen) atoms. The second-order valence-electron chi connectivity index (χ2n) is 4.58. The van der Waals surface area contributed by atoms with Gasteiger partial charge in [-0.2, -0.15) is 0 Å². The molecular formula is C14H17NO5. The third kappa shape index (κ3) is 4.24. The molecule has 1 amide bonds. The van der Waals surface area contributed by atoms with Gasteiger partial charge in [0.2, 0.25) is 0 Å². The maximum Gasteiger partial charge on any atom is 0.410 e. The molecule has 0 radical (unpaired) electrons. The summed E-state index contributed by atoms with van der Waals surface area (Å²) >= 11 is 0. The highest BCUT2D eigenvalue weighted by molar-refractivity contribution is 5.69. The van der Waals surface area contributed by atoms with Crippen LogP contribution in [0.4, 0.5) is 4.79 Å². The van der Waals surface area contributed by atoms with E-state index in [1.54, 1.807) is 0 Å². The zero-order valence-corrected chi connectivity index (χ0v) is 11.0. The van der Waals surface area contributed by atoms with Gasteiger partial charge in [0.25, 0.3) is 0 Å². The van der Waals surface area contributed by atoms with Crippen molar-refractivity contribution in [2.24, 2.45) is 0 Å². The van der Waals surface area contributed by atoms with Crippen LogP contribution < -0.4 is 0 Å². The number of carbonyl (C=O) groups is 2. The zero-order chi connectivity index (χ0) is 14.4. The highest BCUT2D eigenvalue weighted by Crippen LogP contribution is 2.11. The lowest BCUT2D eigenvalue weighted by Gasteiger charge is -2.31. The van der Waals surface area contributed by atoms with Crippen LogP contribution in [0.15, 0.2) is 30.3 Å². The van der Waals surface area contributed by atoms with E-state index in [0.29, 0.717) is 13.2 Å². The van der Waals surface area contributed by atoms with Gasteiger partial charge in [0, 0.05) is 6.54 Å². The van der Waals surface area contributed by atoms with E-state index in [4.69, 9.17) is 14.6 Å². The fourth-order valence-electron chi connectivity index (χ4n) is 2.01. The van der Waals surface area contributed by atoms with Crippen LogP contribution in [0.1, 0.15) is 12.0 Å². The Morgan fingerprint density at radius 3 is 2.80 bits per heavy atom. The summed E-state index contributed by atoms with van der Waals surface area (Å²) in [5, 5.41) is 8.73.